The molecule has 108 valence electrons. The molecule has 0 aromatic carbocycles. The molecule has 0 radical (unpaired) electrons. The zero-order valence-electron chi connectivity index (χ0n) is 10.7. The van der Waals surface area contributed by atoms with E-state index in [1.54, 1.807) is 0 Å². The Morgan fingerprint density at radius 1 is 1.35 bits per heavy atom. The number of ether oxygens (including phenoxy) is 2. The van der Waals surface area contributed by atoms with Gasteiger partial charge in [0.2, 0.25) is 5.82 Å². The molecule has 3 heterocycles. The summed E-state index contributed by atoms with van der Waals surface area (Å²) in [6.07, 6.45) is 2.78. The monoisotopic (exact) mass is 299 g/mol. The number of pyridine rings is 1. The summed E-state index contributed by atoms with van der Waals surface area (Å²) in [6, 6.07) is 1.33. The van der Waals surface area contributed by atoms with Crippen molar-refractivity contribution in [2.45, 2.75) is 18.6 Å². The fourth-order valence-corrected chi connectivity index (χ4v) is 2.80. The average molecular weight is 300 g/mol. The third-order valence-corrected chi connectivity index (χ3v) is 3.86. The zero-order chi connectivity index (χ0) is 14.2. The van der Waals surface area contributed by atoms with Gasteiger partial charge in [-0.3, -0.25) is 10.1 Å². The topological polar surface area (TPSA) is 77.7 Å². The van der Waals surface area contributed by atoms with E-state index in [9.17, 15) is 10.1 Å². The smallest absolute Gasteiger partial charge is 0.313 e. The summed E-state index contributed by atoms with van der Waals surface area (Å²) >= 11 is 5.77. The first-order valence-electron chi connectivity index (χ1n) is 6.42. The molecule has 3 rings (SSSR count). The minimum absolute atomic E-state index is 0.0679. The van der Waals surface area contributed by atoms with Crippen LogP contribution in [0.2, 0.25) is 5.02 Å². The van der Waals surface area contributed by atoms with Crippen LogP contribution in [0.15, 0.2) is 12.3 Å². The molecular formula is C12H14ClN3O4. The Bertz CT molecular complexity index is 523. The van der Waals surface area contributed by atoms with Gasteiger partial charge in [-0.1, -0.05) is 11.6 Å². The Balaban J connectivity index is 1.79. The first-order chi connectivity index (χ1) is 9.60. The molecule has 0 aliphatic carbocycles. The highest BCUT2D eigenvalue weighted by atomic mass is 35.5. The molecule has 0 bridgehead atoms. The number of hydrogen-bond acceptors (Lipinski definition) is 6. The van der Waals surface area contributed by atoms with E-state index in [2.05, 4.69) is 4.98 Å². The van der Waals surface area contributed by atoms with E-state index in [-0.39, 0.29) is 10.7 Å². The van der Waals surface area contributed by atoms with E-state index in [0.717, 1.165) is 0 Å². The predicted molar refractivity (Wildman–Crippen MR) is 72.0 cm³/mol. The van der Waals surface area contributed by atoms with Gasteiger partial charge < -0.3 is 14.4 Å². The summed E-state index contributed by atoms with van der Waals surface area (Å²) in [7, 11) is 0. The van der Waals surface area contributed by atoms with Gasteiger partial charge >= 0.3 is 5.69 Å². The standard InChI is InChI=1S/C12H14ClN3O4/c13-9-7-10(16(17)18)11(14-8-9)15-3-1-12(2-4-15)19-5-6-20-12/h7-8H,1-6H2. The van der Waals surface area contributed by atoms with Crippen LogP contribution < -0.4 is 4.90 Å². The molecule has 0 amide bonds. The van der Waals surface area contributed by atoms with Crippen LogP contribution in [-0.4, -0.2) is 42.0 Å². The maximum Gasteiger partial charge on any atom is 0.313 e. The van der Waals surface area contributed by atoms with E-state index >= 15 is 0 Å². The molecule has 0 N–H and O–H groups in total. The van der Waals surface area contributed by atoms with Gasteiger partial charge in [-0.15, -0.1) is 0 Å². The van der Waals surface area contributed by atoms with Gasteiger partial charge in [-0.2, -0.15) is 0 Å². The van der Waals surface area contributed by atoms with E-state index in [1.165, 1.54) is 12.3 Å². The van der Waals surface area contributed by atoms with Crippen LogP contribution >= 0.6 is 11.6 Å². The molecule has 1 aromatic heterocycles. The van der Waals surface area contributed by atoms with E-state index in [4.69, 9.17) is 21.1 Å². The van der Waals surface area contributed by atoms with E-state index in [1.807, 2.05) is 4.90 Å². The van der Waals surface area contributed by atoms with Crippen molar-refractivity contribution >= 4 is 23.1 Å². The number of anilines is 1. The fourth-order valence-electron chi connectivity index (χ4n) is 2.64. The Hall–Kier alpha value is -1.44. The average Bonchev–Trinajstić information content (AvgIpc) is 2.88. The van der Waals surface area contributed by atoms with Gasteiger partial charge in [0.25, 0.3) is 0 Å². The van der Waals surface area contributed by atoms with Gasteiger partial charge in [0, 0.05) is 38.2 Å². The van der Waals surface area contributed by atoms with Gasteiger partial charge in [-0.25, -0.2) is 4.98 Å². The second-order valence-corrected chi connectivity index (χ2v) is 5.28. The molecular weight excluding hydrogens is 286 g/mol. The van der Waals surface area contributed by atoms with Gasteiger partial charge in [0.05, 0.1) is 23.2 Å². The third kappa shape index (κ3) is 2.44. The van der Waals surface area contributed by atoms with Crippen LogP contribution in [0.5, 0.6) is 0 Å². The number of nitrogens with zero attached hydrogens (tertiary/aromatic N) is 3. The maximum atomic E-state index is 11.1. The summed E-state index contributed by atoms with van der Waals surface area (Å²) < 4.78 is 11.3. The van der Waals surface area contributed by atoms with Crippen LogP contribution in [0.4, 0.5) is 11.5 Å². The Kier molecular flexibility index (Phi) is 3.49. The Morgan fingerprint density at radius 3 is 2.60 bits per heavy atom. The molecule has 20 heavy (non-hydrogen) atoms. The third-order valence-electron chi connectivity index (χ3n) is 3.65. The Labute approximate surface area is 120 Å². The van der Waals surface area contributed by atoms with Crippen LogP contribution in [-0.2, 0) is 9.47 Å². The van der Waals surface area contributed by atoms with Crippen LogP contribution in [0, 0.1) is 10.1 Å². The second-order valence-electron chi connectivity index (χ2n) is 4.85. The summed E-state index contributed by atoms with van der Waals surface area (Å²) in [5, 5.41) is 11.4. The number of piperidine rings is 1. The largest absolute Gasteiger partial charge is 0.350 e. The normalized spacial score (nSPS) is 21.4. The summed E-state index contributed by atoms with van der Waals surface area (Å²) in [5.41, 5.74) is -0.0679. The van der Waals surface area contributed by atoms with Crippen molar-refractivity contribution in [2.24, 2.45) is 0 Å². The van der Waals surface area contributed by atoms with Crippen LogP contribution in [0.3, 0.4) is 0 Å². The second kappa shape index (κ2) is 5.16. The van der Waals surface area contributed by atoms with Crippen molar-refractivity contribution in [3.8, 4) is 0 Å². The number of hydrogen-bond donors (Lipinski definition) is 0. The van der Waals surface area contributed by atoms with Crippen molar-refractivity contribution in [3.63, 3.8) is 0 Å². The van der Waals surface area contributed by atoms with E-state index < -0.39 is 10.7 Å². The van der Waals surface area contributed by atoms with Gasteiger partial charge in [-0.05, 0) is 0 Å². The SMILES string of the molecule is O=[N+]([O-])c1cc(Cl)cnc1N1CCC2(CC1)OCCO2. The lowest BCUT2D eigenvalue weighted by Gasteiger charge is -2.37. The predicted octanol–water partition coefficient (Wildman–Crippen LogP) is 1.99. The lowest BCUT2D eigenvalue weighted by atomic mass is 10.0. The van der Waals surface area contributed by atoms with Crippen molar-refractivity contribution in [2.75, 3.05) is 31.2 Å². The Morgan fingerprint density at radius 2 is 2.00 bits per heavy atom. The molecule has 1 spiro atoms. The molecule has 2 saturated heterocycles. The number of aromatic nitrogens is 1. The lowest BCUT2D eigenvalue weighted by molar-refractivity contribution is -0.384. The van der Waals surface area contributed by atoms with Crippen molar-refractivity contribution in [3.05, 3.63) is 27.4 Å². The highest BCUT2D eigenvalue weighted by molar-refractivity contribution is 6.30. The molecule has 2 fully saturated rings. The summed E-state index contributed by atoms with van der Waals surface area (Å²) in [5.74, 6) is -0.148. The molecule has 7 nitrogen and oxygen atoms in total. The van der Waals surface area contributed by atoms with Crippen molar-refractivity contribution in [1.82, 2.24) is 4.98 Å². The molecule has 8 heteroatoms. The molecule has 1 aromatic rings. The lowest BCUT2D eigenvalue weighted by Crippen LogP contribution is -2.45. The number of halogens is 1. The van der Waals surface area contributed by atoms with E-state index in [0.29, 0.717) is 45.0 Å². The minimum atomic E-state index is -0.502. The van der Waals surface area contributed by atoms with Crippen molar-refractivity contribution in [1.29, 1.82) is 0 Å². The number of rotatable bonds is 2. The summed E-state index contributed by atoms with van der Waals surface area (Å²) in [4.78, 5) is 16.6. The maximum absolute atomic E-state index is 11.1. The van der Waals surface area contributed by atoms with Gasteiger partial charge in [0.1, 0.15) is 0 Å². The zero-order valence-corrected chi connectivity index (χ0v) is 11.5. The first-order valence-corrected chi connectivity index (χ1v) is 6.80. The molecule has 2 aliphatic heterocycles. The molecule has 0 unspecified atom stereocenters. The highest BCUT2D eigenvalue weighted by Gasteiger charge is 2.41. The van der Waals surface area contributed by atoms with Crippen LogP contribution in [0.1, 0.15) is 12.8 Å². The molecule has 2 aliphatic rings. The quantitative estimate of drug-likeness (QED) is 0.614. The minimum Gasteiger partial charge on any atom is -0.350 e. The first kappa shape index (κ1) is 13.5. The highest BCUT2D eigenvalue weighted by Crippen LogP contribution is 2.35. The number of nitro groups is 1. The van der Waals surface area contributed by atoms with Gasteiger partial charge in [0.15, 0.2) is 5.79 Å². The summed E-state index contributed by atoms with van der Waals surface area (Å²) in [6.45, 7) is 2.43. The molecule has 0 atom stereocenters. The fraction of sp³-hybridized carbons (Fsp3) is 0.583. The molecule has 0 saturated carbocycles. The van der Waals surface area contributed by atoms with Crippen LogP contribution in [0.25, 0.3) is 0 Å². The van der Waals surface area contributed by atoms with Crippen molar-refractivity contribution < 1.29 is 14.4 Å².